The van der Waals surface area contributed by atoms with E-state index in [0.717, 1.165) is 24.3 Å². The molecule has 17 heavy (non-hydrogen) atoms. The first-order chi connectivity index (χ1) is 7.63. The molecule has 0 fully saturated rings. The standard InChI is InChI=1S/C9H6ClF4NO2/c10-9(13,14)8(11,12)5-6-1-3-7(4-2-6)15(16)17/h1-4H,5H2. The van der Waals surface area contributed by atoms with E-state index in [1.165, 1.54) is 0 Å². The Hall–Kier alpha value is -1.37. The van der Waals surface area contributed by atoms with Crippen LogP contribution in [-0.4, -0.2) is 16.2 Å². The molecule has 0 unspecified atom stereocenters. The van der Waals surface area contributed by atoms with Gasteiger partial charge in [-0.3, -0.25) is 10.1 Å². The Labute approximate surface area is 98.1 Å². The van der Waals surface area contributed by atoms with Gasteiger partial charge in [0.15, 0.2) is 0 Å². The lowest BCUT2D eigenvalue weighted by molar-refractivity contribution is -0.384. The van der Waals surface area contributed by atoms with Crippen LogP contribution in [0.2, 0.25) is 0 Å². The highest BCUT2D eigenvalue weighted by Gasteiger charge is 2.54. The predicted octanol–water partition coefficient (Wildman–Crippen LogP) is 3.60. The second kappa shape index (κ2) is 4.48. The molecule has 8 heteroatoms. The smallest absolute Gasteiger partial charge is 0.258 e. The zero-order valence-electron chi connectivity index (χ0n) is 8.17. The Kier molecular flexibility index (Phi) is 3.61. The molecule has 0 N–H and O–H groups in total. The Bertz CT molecular complexity index is 416. The average molecular weight is 272 g/mol. The van der Waals surface area contributed by atoms with Crippen molar-refractivity contribution >= 4 is 17.3 Å². The van der Waals surface area contributed by atoms with Crippen molar-refractivity contribution in [1.29, 1.82) is 0 Å². The van der Waals surface area contributed by atoms with Crippen molar-refractivity contribution in [3.05, 3.63) is 39.9 Å². The molecule has 94 valence electrons. The summed E-state index contributed by atoms with van der Waals surface area (Å²) in [4.78, 5) is 9.55. The number of alkyl halides is 5. The minimum absolute atomic E-state index is 0.166. The molecule has 0 saturated heterocycles. The molecule has 3 nitrogen and oxygen atoms in total. The molecule has 0 amide bonds. The summed E-state index contributed by atoms with van der Waals surface area (Å²) in [5, 5.41) is 5.62. The highest BCUT2D eigenvalue weighted by atomic mass is 35.5. The van der Waals surface area contributed by atoms with Crippen LogP contribution < -0.4 is 0 Å². The number of nitrogens with zero attached hydrogens (tertiary/aromatic N) is 1. The van der Waals surface area contributed by atoms with Crippen LogP contribution in [-0.2, 0) is 6.42 Å². The maximum absolute atomic E-state index is 12.9. The quantitative estimate of drug-likeness (QED) is 0.363. The van der Waals surface area contributed by atoms with E-state index < -0.39 is 22.6 Å². The monoisotopic (exact) mass is 271 g/mol. The van der Waals surface area contributed by atoms with Crippen LogP contribution in [0.25, 0.3) is 0 Å². The maximum Gasteiger partial charge on any atom is 0.384 e. The van der Waals surface area contributed by atoms with E-state index in [2.05, 4.69) is 11.6 Å². The summed E-state index contributed by atoms with van der Waals surface area (Å²) in [5.74, 6) is -4.41. The highest BCUT2D eigenvalue weighted by molar-refractivity contribution is 6.22. The third kappa shape index (κ3) is 3.29. The van der Waals surface area contributed by atoms with E-state index >= 15 is 0 Å². The largest absolute Gasteiger partial charge is 0.384 e. The van der Waals surface area contributed by atoms with Gasteiger partial charge < -0.3 is 0 Å². The van der Waals surface area contributed by atoms with E-state index in [4.69, 9.17) is 0 Å². The minimum Gasteiger partial charge on any atom is -0.258 e. The van der Waals surface area contributed by atoms with Crippen molar-refractivity contribution in [1.82, 2.24) is 0 Å². The number of nitro groups is 1. The molecule has 0 aliphatic heterocycles. The number of nitro benzene ring substituents is 1. The summed E-state index contributed by atoms with van der Waals surface area (Å²) in [6, 6.07) is 3.87. The van der Waals surface area contributed by atoms with Gasteiger partial charge in [0.05, 0.1) is 4.92 Å². The zero-order chi connectivity index (χ0) is 13.3. The van der Waals surface area contributed by atoms with Gasteiger partial charge in [-0.1, -0.05) is 12.1 Å². The maximum atomic E-state index is 12.9. The number of hydrogen-bond acceptors (Lipinski definition) is 2. The fourth-order valence-electron chi connectivity index (χ4n) is 1.09. The third-order valence-electron chi connectivity index (χ3n) is 1.99. The van der Waals surface area contributed by atoms with Crippen molar-refractivity contribution in [3.63, 3.8) is 0 Å². The second-order valence-corrected chi connectivity index (χ2v) is 3.78. The highest BCUT2D eigenvalue weighted by Crippen LogP contribution is 2.40. The molecule has 1 aromatic rings. The van der Waals surface area contributed by atoms with Crippen molar-refractivity contribution in [2.24, 2.45) is 0 Å². The second-order valence-electron chi connectivity index (χ2n) is 3.30. The van der Waals surface area contributed by atoms with Crippen LogP contribution in [0.15, 0.2) is 24.3 Å². The average Bonchev–Trinajstić information content (AvgIpc) is 2.16. The Morgan fingerprint density at radius 3 is 2.00 bits per heavy atom. The molecule has 0 aliphatic rings. The number of hydrogen-bond donors (Lipinski definition) is 0. The zero-order valence-corrected chi connectivity index (χ0v) is 8.93. The van der Waals surface area contributed by atoms with E-state index in [1.54, 1.807) is 0 Å². The SMILES string of the molecule is O=[N+]([O-])c1ccc(CC(F)(F)C(F)(F)Cl)cc1. The van der Waals surface area contributed by atoms with Gasteiger partial charge in [-0.05, 0) is 17.2 Å². The summed E-state index contributed by atoms with van der Waals surface area (Å²) in [6.07, 6.45) is -1.29. The van der Waals surface area contributed by atoms with E-state index in [9.17, 15) is 27.7 Å². The van der Waals surface area contributed by atoms with Crippen LogP contribution in [0.5, 0.6) is 0 Å². The van der Waals surface area contributed by atoms with Gasteiger partial charge in [0.25, 0.3) is 5.69 Å². The van der Waals surface area contributed by atoms with Crippen molar-refractivity contribution in [3.8, 4) is 0 Å². The lowest BCUT2D eigenvalue weighted by Gasteiger charge is -2.20. The van der Waals surface area contributed by atoms with Crippen LogP contribution in [0, 0.1) is 10.1 Å². The fraction of sp³-hybridized carbons (Fsp3) is 0.333. The molecule has 0 aromatic heterocycles. The molecule has 0 atom stereocenters. The number of halogens is 5. The molecule has 0 spiro atoms. The van der Waals surface area contributed by atoms with Crippen molar-refractivity contribution in [2.45, 2.75) is 17.7 Å². The van der Waals surface area contributed by atoms with Gasteiger partial charge in [0.1, 0.15) is 0 Å². The van der Waals surface area contributed by atoms with Gasteiger partial charge in [0, 0.05) is 18.6 Å². The lowest BCUT2D eigenvalue weighted by atomic mass is 10.1. The van der Waals surface area contributed by atoms with Crippen molar-refractivity contribution < 1.29 is 22.5 Å². The Balaban J connectivity index is 2.86. The Morgan fingerprint density at radius 2 is 1.65 bits per heavy atom. The van der Waals surface area contributed by atoms with Gasteiger partial charge in [-0.25, -0.2) is 0 Å². The van der Waals surface area contributed by atoms with Crippen LogP contribution in [0.3, 0.4) is 0 Å². The minimum atomic E-state index is -4.66. The lowest BCUT2D eigenvalue weighted by Crippen LogP contribution is -2.37. The number of benzene rings is 1. The van der Waals surface area contributed by atoms with Gasteiger partial charge in [-0.15, -0.1) is 0 Å². The first-order valence-electron chi connectivity index (χ1n) is 4.31. The summed E-state index contributed by atoms with van der Waals surface area (Å²) in [6.45, 7) is 0. The van der Waals surface area contributed by atoms with Crippen LogP contribution in [0.1, 0.15) is 5.56 Å². The van der Waals surface area contributed by atoms with Gasteiger partial charge in [-0.2, -0.15) is 17.6 Å². The van der Waals surface area contributed by atoms with Gasteiger partial charge >= 0.3 is 11.3 Å². The van der Waals surface area contributed by atoms with Gasteiger partial charge in [0.2, 0.25) is 0 Å². The van der Waals surface area contributed by atoms with E-state index in [1.807, 2.05) is 0 Å². The molecule has 0 radical (unpaired) electrons. The molecule has 0 aliphatic carbocycles. The summed E-state index contributed by atoms with van der Waals surface area (Å²) in [7, 11) is 0. The molecule has 0 bridgehead atoms. The Morgan fingerprint density at radius 1 is 1.18 bits per heavy atom. The van der Waals surface area contributed by atoms with E-state index in [0.29, 0.717) is 0 Å². The molecular weight excluding hydrogens is 266 g/mol. The molecule has 0 heterocycles. The topological polar surface area (TPSA) is 43.1 Å². The summed E-state index contributed by atoms with van der Waals surface area (Å²) in [5.41, 5.74) is -0.476. The summed E-state index contributed by atoms with van der Waals surface area (Å²) >= 11 is 4.26. The van der Waals surface area contributed by atoms with E-state index in [-0.39, 0.29) is 11.3 Å². The molecule has 1 aromatic carbocycles. The number of rotatable bonds is 4. The first kappa shape index (κ1) is 13.7. The van der Waals surface area contributed by atoms with Crippen molar-refractivity contribution in [2.75, 3.05) is 0 Å². The first-order valence-corrected chi connectivity index (χ1v) is 4.69. The molecule has 0 saturated carbocycles. The van der Waals surface area contributed by atoms with Crippen LogP contribution in [0.4, 0.5) is 23.2 Å². The number of non-ortho nitro benzene ring substituents is 1. The molecule has 1 rings (SSSR count). The fourth-order valence-corrected chi connectivity index (χ4v) is 1.16. The third-order valence-corrected chi connectivity index (χ3v) is 2.26. The summed E-state index contributed by atoms with van der Waals surface area (Å²) < 4.78 is 50.3. The van der Waals surface area contributed by atoms with Crippen LogP contribution >= 0.6 is 11.6 Å². The molecular formula is C9H6ClF4NO2. The normalized spacial score (nSPS) is 12.5. The predicted molar refractivity (Wildman–Crippen MR) is 52.5 cm³/mol.